The van der Waals surface area contributed by atoms with Crippen LogP contribution in [0.3, 0.4) is 0 Å². The summed E-state index contributed by atoms with van der Waals surface area (Å²) in [5, 5.41) is 0. The molecule has 0 N–H and O–H groups in total. The van der Waals surface area contributed by atoms with Crippen LogP contribution < -0.4 is 0 Å². The van der Waals surface area contributed by atoms with E-state index in [1.54, 1.807) is 13.0 Å². The average molecular weight is 256 g/mol. The normalized spacial score (nSPS) is 12.6. The Morgan fingerprint density at radius 3 is 2.60 bits per heavy atom. The highest BCUT2D eigenvalue weighted by Gasteiger charge is 2.19. The van der Waals surface area contributed by atoms with Gasteiger partial charge in [-0.2, -0.15) is 0 Å². The van der Waals surface area contributed by atoms with E-state index in [0.717, 1.165) is 0 Å². The number of hydrogen-bond donors (Lipinski definition) is 0. The van der Waals surface area contributed by atoms with Gasteiger partial charge in [0.15, 0.2) is 11.1 Å². The van der Waals surface area contributed by atoms with Gasteiger partial charge in [-0.3, -0.25) is 4.79 Å². The van der Waals surface area contributed by atoms with Gasteiger partial charge in [-0.05, 0) is 6.92 Å². The zero-order valence-electron chi connectivity index (χ0n) is 8.78. The molecule has 0 rings (SSSR count). The Labute approximate surface area is 99.7 Å². The number of amides is 1. The largest absolute Gasteiger partial charge is 0.356 e. The van der Waals surface area contributed by atoms with E-state index < -0.39 is 17.0 Å². The van der Waals surface area contributed by atoms with E-state index in [2.05, 4.69) is 6.58 Å². The lowest BCUT2D eigenvalue weighted by Crippen LogP contribution is -2.38. The maximum atomic E-state index is 11.4. The van der Waals surface area contributed by atoms with Gasteiger partial charge in [0.05, 0.1) is 0 Å². The fourth-order valence-corrected chi connectivity index (χ4v) is 1.04. The molecule has 0 aromatic rings. The van der Waals surface area contributed by atoms with Gasteiger partial charge in [-0.1, -0.05) is 29.3 Å². The van der Waals surface area contributed by atoms with Crippen LogP contribution in [-0.4, -0.2) is 42.3 Å². The summed E-state index contributed by atoms with van der Waals surface area (Å²) in [6, 6.07) is 0. The number of methoxy groups -OCH3 is 1. The number of nitrogens with zero attached hydrogens (tertiary/aromatic N) is 1. The van der Waals surface area contributed by atoms with Crippen molar-refractivity contribution in [2.45, 2.75) is 18.1 Å². The predicted molar refractivity (Wildman–Crippen MR) is 59.8 cm³/mol. The highest BCUT2D eigenvalue weighted by atomic mass is 35.5. The number of ether oxygens (including phenoxy) is 2. The fourth-order valence-electron chi connectivity index (χ4n) is 0.763. The average Bonchev–Trinajstić information content (AvgIpc) is 2.22. The van der Waals surface area contributed by atoms with Crippen molar-refractivity contribution in [1.29, 1.82) is 0 Å². The number of carbonyl (C=O) groups is 1. The highest BCUT2D eigenvalue weighted by molar-refractivity contribution is 6.53. The van der Waals surface area contributed by atoms with Crippen molar-refractivity contribution >= 4 is 29.1 Å². The van der Waals surface area contributed by atoms with Gasteiger partial charge in [0.2, 0.25) is 0 Å². The molecule has 0 saturated heterocycles. The molecule has 88 valence electrons. The molecule has 0 spiro atoms. The van der Waals surface area contributed by atoms with Gasteiger partial charge in [0, 0.05) is 13.7 Å². The minimum absolute atomic E-state index is 0.0653. The molecule has 6 heteroatoms. The predicted octanol–water partition coefficient (Wildman–Crippen LogP) is 1.77. The molecule has 4 nitrogen and oxygen atoms in total. The van der Waals surface area contributed by atoms with Crippen LogP contribution in [0, 0.1) is 0 Å². The first-order valence-corrected chi connectivity index (χ1v) is 5.22. The van der Waals surface area contributed by atoms with Gasteiger partial charge >= 0.3 is 0 Å². The minimum atomic E-state index is -1.09. The van der Waals surface area contributed by atoms with E-state index in [-0.39, 0.29) is 6.73 Å². The third-order valence-electron chi connectivity index (χ3n) is 1.64. The van der Waals surface area contributed by atoms with E-state index in [1.807, 2.05) is 0 Å². The molecule has 1 atom stereocenters. The number of rotatable bonds is 7. The smallest absolute Gasteiger partial charge is 0.257 e. The van der Waals surface area contributed by atoms with Crippen molar-refractivity contribution in [3.63, 3.8) is 0 Å². The SMILES string of the molecule is C=CCN(COC(C)OC)C(=O)C(Cl)Cl. The summed E-state index contributed by atoms with van der Waals surface area (Å²) in [5.41, 5.74) is 0. The summed E-state index contributed by atoms with van der Waals surface area (Å²) in [6.45, 7) is 5.63. The molecule has 0 aliphatic carbocycles. The molecule has 0 bridgehead atoms. The monoisotopic (exact) mass is 255 g/mol. The van der Waals surface area contributed by atoms with Gasteiger partial charge in [0.25, 0.3) is 5.91 Å². The standard InChI is InChI=1S/C9H15Cl2NO3/c1-4-5-12(9(13)8(10)11)6-15-7(2)14-3/h4,7-8H,1,5-6H2,2-3H3. The molecular formula is C9H15Cl2NO3. The molecule has 0 fully saturated rings. The Morgan fingerprint density at radius 2 is 2.20 bits per heavy atom. The second-order valence-electron chi connectivity index (χ2n) is 2.75. The third-order valence-corrected chi connectivity index (χ3v) is 2.02. The quantitative estimate of drug-likeness (QED) is 0.396. The first-order chi connectivity index (χ1) is 7.02. The van der Waals surface area contributed by atoms with Crippen LogP contribution in [0.4, 0.5) is 0 Å². The molecule has 0 aromatic carbocycles. The van der Waals surface area contributed by atoms with E-state index in [4.69, 9.17) is 32.7 Å². The van der Waals surface area contributed by atoms with Crippen LogP contribution in [0.25, 0.3) is 0 Å². The van der Waals surface area contributed by atoms with E-state index in [9.17, 15) is 4.79 Å². The molecule has 1 amide bonds. The molecular weight excluding hydrogens is 241 g/mol. The van der Waals surface area contributed by atoms with Crippen molar-refractivity contribution in [2.75, 3.05) is 20.4 Å². The summed E-state index contributed by atoms with van der Waals surface area (Å²) < 4.78 is 10.1. The zero-order chi connectivity index (χ0) is 11.8. The number of halogens is 2. The van der Waals surface area contributed by atoms with Gasteiger partial charge in [-0.25, -0.2) is 0 Å². The molecule has 0 aliphatic heterocycles. The van der Waals surface area contributed by atoms with E-state index >= 15 is 0 Å². The molecule has 0 saturated carbocycles. The van der Waals surface area contributed by atoms with Crippen LogP contribution >= 0.6 is 23.2 Å². The Hall–Kier alpha value is -0.290. The zero-order valence-corrected chi connectivity index (χ0v) is 10.3. The van der Waals surface area contributed by atoms with Crippen molar-refractivity contribution < 1.29 is 14.3 Å². The second-order valence-corrected chi connectivity index (χ2v) is 3.85. The van der Waals surface area contributed by atoms with Crippen molar-refractivity contribution in [1.82, 2.24) is 4.90 Å². The van der Waals surface area contributed by atoms with E-state index in [1.165, 1.54) is 12.0 Å². The van der Waals surface area contributed by atoms with Gasteiger partial charge in [-0.15, -0.1) is 6.58 Å². The Morgan fingerprint density at radius 1 is 1.60 bits per heavy atom. The second kappa shape index (κ2) is 7.93. The van der Waals surface area contributed by atoms with Crippen LogP contribution in [0.1, 0.15) is 6.92 Å². The summed E-state index contributed by atoms with van der Waals surface area (Å²) >= 11 is 10.9. The lowest BCUT2D eigenvalue weighted by Gasteiger charge is -2.23. The summed E-state index contributed by atoms with van der Waals surface area (Å²) in [5.74, 6) is -0.415. The molecule has 15 heavy (non-hydrogen) atoms. The summed E-state index contributed by atoms with van der Waals surface area (Å²) in [7, 11) is 1.51. The third kappa shape index (κ3) is 5.99. The van der Waals surface area contributed by atoms with Crippen LogP contribution in [0.2, 0.25) is 0 Å². The minimum Gasteiger partial charge on any atom is -0.356 e. The lowest BCUT2D eigenvalue weighted by atomic mass is 10.5. The van der Waals surface area contributed by atoms with Crippen LogP contribution in [0.5, 0.6) is 0 Å². The lowest BCUT2D eigenvalue weighted by molar-refractivity contribution is -0.156. The first-order valence-electron chi connectivity index (χ1n) is 4.35. The maximum absolute atomic E-state index is 11.4. The Balaban J connectivity index is 4.15. The maximum Gasteiger partial charge on any atom is 0.257 e. The molecule has 0 aliphatic rings. The number of carbonyl (C=O) groups excluding carboxylic acids is 1. The Kier molecular flexibility index (Phi) is 7.78. The molecule has 0 aromatic heterocycles. The topological polar surface area (TPSA) is 38.8 Å². The Bertz CT molecular complexity index is 212. The van der Waals surface area contributed by atoms with Crippen LogP contribution in [0.15, 0.2) is 12.7 Å². The highest BCUT2D eigenvalue weighted by Crippen LogP contribution is 2.07. The van der Waals surface area contributed by atoms with E-state index in [0.29, 0.717) is 6.54 Å². The van der Waals surface area contributed by atoms with Crippen molar-refractivity contribution in [3.05, 3.63) is 12.7 Å². The summed E-state index contributed by atoms with van der Waals surface area (Å²) in [4.78, 5) is 11.7. The van der Waals surface area contributed by atoms with Gasteiger partial charge < -0.3 is 14.4 Å². The molecule has 0 heterocycles. The summed E-state index contributed by atoms with van der Waals surface area (Å²) in [6.07, 6.45) is 1.17. The van der Waals surface area contributed by atoms with Crippen molar-refractivity contribution in [3.8, 4) is 0 Å². The number of alkyl halides is 2. The van der Waals surface area contributed by atoms with Gasteiger partial charge in [0.1, 0.15) is 6.73 Å². The first kappa shape index (κ1) is 14.7. The molecule has 0 radical (unpaired) electrons. The fraction of sp³-hybridized carbons (Fsp3) is 0.667. The van der Waals surface area contributed by atoms with Crippen molar-refractivity contribution in [2.24, 2.45) is 0 Å². The molecule has 1 unspecified atom stereocenters. The number of hydrogen-bond acceptors (Lipinski definition) is 3. The van der Waals surface area contributed by atoms with Crippen LogP contribution in [-0.2, 0) is 14.3 Å².